The molecule has 6 heteroatoms. The molecule has 3 rings (SSSR count). The Morgan fingerprint density at radius 2 is 1.77 bits per heavy atom. The average molecular weight is 352 g/mol. The van der Waals surface area contributed by atoms with Gasteiger partial charge in [0.25, 0.3) is 0 Å². The minimum Gasteiger partial charge on any atom is -0.493 e. The first-order chi connectivity index (χ1) is 12.6. The zero-order valence-electron chi connectivity index (χ0n) is 15.3. The van der Waals surface area contributed by atoms with Crippen LogP contribution in [-0.4, -0.2) is 49.8 Å². The summed E-state index contributed by atoms with van der Waals surface area (Å²) in [6.07, 6.45) is 1.69. The Hall–Kier alpha value is -3.15. The van der Waals surface area contributed by atoms with Gasteiger partial charge >= 0.3 is 5.91 Å². The number of ether oxygens (including phenoxy) is 2. The molecule has 6 nitrogen and oxygen atoms in total. The predicted molar refractivity (Wildman–Crippen MR) is 102 cm³/mol. The van der Waals surface area contributed by atoms with Crippen LogP contribution in [0.3, 0.4) is 0 Å². The summed E-state index contributed by atoms with van der Waals surface area (Å²) in [5.74, 6) is 1.20. The molecule has 0 bridgehead atoms. The molecular formula is C20H22N3O3+. The lowest BCUT2D eigenvalue weighted by Crippen LogP contribution is -2.35. The molecule has 0 spiro atoms. The van der Waals surface area contributed by atoms with E-state index in [2.05, 4.69) is 4.99 Å². The number of rotatable bonds is 5. The van der Waals surface area contributed by atoms with Gasteiger partial charge in [-0.05, 0) is 35.9 Å². The first-order valence-electron chi connectivity index (χ1n) is 8.28. The van der Waals surface area contributed by atoms with E-state index in [1.54, 1.807) is 25.4 Å². The lowest BCUT2D eigenvalue weighted by Gasteiger charge is -2.11. The maximum atomic E-state index is 12.9. The highest BCUT2D eigenvalue weighted by Gasteiger charge is 2.44. The second-order valence-corrected chi connectivity index (χ2v) is 5.95. The Balaban J connectivity index is 1.86. The summed E-state index contributed by atoms with van der Waals surface area (Å²) in [5, 5.41) is 1.64. The van der Waals surface area contributed by atoms with Gasteiger partial charge < -0.3 is 9.47 Å². The lowest BCUT2D eigenvalue weighted by molar-refractivity contribution is -0.495. The molecule has 0 N–H and O–H groups in total. The van der Waals surface area contributed by atoms with E-state index in [-0.39, 0.29) is 5.91 Å². The van der Waals surface area contributed by atoms with E-state index in [0.717, 1.165) is 17.0 Å². The molecule has 1 aliphatic heterocycles. The van der Waals surface area contributed by atoms with Gasteiger partial charge in [-0.25, -0.2) is 0 Å². The van der Waals surface area contributed by atoms with Crippen LogP contribution in [0, 0.1) is 0 Å². The number of anilines is 1. The summed E-state index contributed by atoms with van der Waals surface area (Å²) in [6.45, 7) is 1.91. The number of methoxy groups -OCH3 is 2. The zero-order valence-corrected chi connectivity index (χ0v) is 15.3. The van der Waals surface area contributed by atoms with Crippen LogP contribution in [0.15, 0.2) is 53.5 Å². The second kappa shape index (κ2) is 7.39. The van der Waals surface area contributed by atoms with E-state index in [1.165, 1.54) is 0 Å². The van der Waals surface area contributed by atoms with Gasteiger partial charge in [0.05, 0.1) is 14.2 Å². The zero-order chi connectivity index (χ0) is 18.7. The average Bonchev–Trinajstić information content (AvgIpc) is 2.89. The molecular weight excluding hydrogens is 330 g/mol. The number of nitrogens with zero attached hydrogens (tertiary/aromatic N) is 3. The minimum atomic E-state index is -0.548. The summed E-state index contributed by atoms with van der Waals surface area (Å²) in [5.41, 5.74) is 2.53. The molecule has 26 heavy (non-hydrogen) atoms. The van der Waals surface area contributed by atoms with Crippen LogP contribution in [0.1, 0.15) is 12.5 Å². The Bertz CT molecular complexity index is 875. The van der Waals surface area contributed by atoms with Crippen LogP contribution in [0.2, 0.25) is 0 Å². The summed E-state index contributed by atoms with van der Waals surface area (Å²) < 4.78 is 12.4. The normalized spacial score (nSPS) is 17.3. The molecule has 0 aliphatic carbocycles. The number of hydrazine groups is 1. The standard InChI is InChI=1S/C20H22N3O3/c1-14-19(20(24)23(22(14)2)16-8-6-5-7-9-16)21-13-15-10-11-17(25-3)18(12-15)26-4/h5-13,19H,1-4H3/q+1/t19-/m1/s1. The maximum Gasteiger partial charge on any atom is 0.318 e. The van der Waals surface area contributed by atoms with Crippen LogP contribution in [-0.2, 0) is 4.79 Å². The van der Waals surface area contributed by atoms with Crippen molar-refractivity contribution >= 4 is 23.5 Å². The molecule has 0 radical (unpaired) electrons. The topological polar surface area (TPSA) is 54.1 Å². The molecule has 1 atom stereocenters. The van der Waals surface area contributed by atoms with Crippen molar-refractivity contribution in [2.45, 2.75) is 13.0 Å². The van der Waals surface area contributed by atoms with Crippen LogP contribution >= 0.6 is 0 Å². The van der Waals surface area contributed by atoms with Crippen LogP contribution in [0.25, 0.3) is 0 Å². The van der Waals surface area contributed by atoms with Crippen molar-refractivity contribution in [3.05, 3.63) is 54.1 Å². The van der Waals surface area contributed by atoms with Gasteiger partial charge in [0.15, 0.2) is 18.5 Å². The van der Waals surface area contributed by atoms with E-state index in [4.69, 9.17) is 9.47 Å². The summed E-state index contributed by atoms with van der Waals surface area (Å²) >= 11 is 0. The summed E-state index contributed by atoms with van der Waals surface area (Å²) in [4.78, 5) is 17.4. The van der Waals surface area contributed by atoms with E-state index in [9.17, 15) is 4.79 Å². The molecule has 0 aromatic heterocycles. The monoisotopic (exact) mass is 352 g/mol. The van der Waals surface area contributed by atoms with Gasteiger partial charge in [0, 0.05) is 13.1 Å². The van der Waals surface area contributed by atoms with Gasteiger partial charge in [-0.15, -0.1) is 4.68 Å². The fraction of sp³-hybridized carbons (Fsp3) is 0.250. The van der Waals surface area contributed by atoms with Gasteiger partial charge in [0.1, 0.15) is 5.69 Å². The fourth-order valence-corrected chi connectivity index (χ4v) is 2.91. The first-order valence-corrected chi connectivity index (χ1v) is 8.28. The van der Waals surface area contributed by atoms with Gasteiger partial charge in [-0.2, -0.15) is 0 Å². The number of hydrogen-bond donors (Lipinski definition) is 0. The maximum absolute atomic E-state index is 12.9. The van der Waals surface area contributed by atoms with Crippen molar-refractivity contribution in [2.75, 3.05) is 26.3 Å². The van der Waals surface area contributed by atoms with E-state index in [1.807, 2.05) is 67.2 Å². The number of benzene rings is 2. The number of carbonyl (C=O) groups excluding carboxylic acids is 1. The highest BCUT2D eigenvalue weighted by atomic mass is 16.5. The SMILES string of the molecule is COc1ccc(C=N[C@H]2C(=O)N(c3ccccc3)[N+](C)=C2C)cc1OC. The van der Waals surface area contributed by atoms with Crippen molar-refractivity contribution in [3.8, 4) is 11.5 Å². The Kier molecular flexibility index (Phi) is 5.02. The smallest absolute Gasteiger partial charge is 0.318 e. The summed E-state index contributed by atoms with van der Waals surface area (Å²) in [6, 6.07) is 14.5. The molecule has 0 saturated carbocycles. The third kappa shape index (κ3) is 3.18. The molecule has 1 heterocycles. The van der Waals surface area contributed by atoms with Crippen LogP contribution in [0.4, 0.5) is 5.69 Å². The van der Waals surface area contributed by atoms with Crippen molar-refractivity contribution in [1.82, 2.24) is 0 Å². The third-order valence-electron chi connectivity index (χ3n) is 4.43. The molecule has 0 saturated heterocycles. The Morgan fingerprint density at radius 1 is 1.08 bits per heavy atom. The first kappa shape index (κ1) is 17.7. The van der Waals surface area contributed by atoms with Crippen LogP contribution in [0.5, 0.6) is 11.5 Å². The molecule has 0 fully saturated rings. The molecule has 2 aromatic rings. The van der Waals surface area contributed by atoms with Gasteiger partial charge in [0.2, 0.25) is 11.8 Å². The largest absolute Gasteiger partial charge is 0.493 e. The molecule has 134 valence electrons. The van der Waals surface area contributed by atoms with Gasteiger partial charge in [-0.1, -0.05) is 23.2 Å². The van der Waals surface area contributed by atoms with E-state index < -0.39 is 6.04 Å². The highest BCUT2D eigenvalue weighted by molar-refractivity contribution is 6.15. The second-order valence-electron chi connectivity index (χ2n) is 5.95. The molecule has 0 unspecified atom stereocenters. The predicted octanol–water partition coefficient (Wildman–Crippen LogP) is 2.56. The van der Waals surface area contributed by atoms with Crippen molar-refractivity contribution < 1.29 is 19.0 Å². The Labute approximate surface area is 153 Å². The number of amides is 1. The number of para-hydroxylation sites is 1. The van der Waals surface area contributed by atoms with Crippen molar-refractivity contribution in [2.24, 2.45) is 4.99 Å². The third-order valence-corrected chi connectivity index (χ3v) is 4.43. The number of aliphatic imine (C=N–C) groups is 1. The van der Waals surface area contributed by atoms with Crippen molar-refractivity contribution in [1.29, 1.82) is 0 Å². The van der Waals surface area contributed by atoms with Crippen molar-refractivity contribution in [3.63, 3.8) is 0 Å². The molecule has 2 aromatic carbocycles. The van der Waals surface area contributed by atoms with E-state index in [0.29, 0.717) is 11.5 Å². The highest BCUT2D eigenvalue weighted by Crippen LogP contribution is 2.27. The quantitative estimate of drug-likeness (QED) is 0.614. The summed E-state index contributed by atoms with van der Waals surface area (Å²) in [7, 11) is 5.05. The van der Waals surface area contributed by atoms with Crippen LogP contribution < -0.4 is 14.5 Å². The Morgan fingerprint density at radius 3 is 2.42 bits per heavy atom. The van der Waals surface area contributed by atoms with E-state index >= 15 is 0 Å². The molecule has 1 aliphatic rings. The van der Waals surface area contributed by atoms with Gasteiger partial charge in [-0.3, -0.25) is 9.79 Å². The molecule has 1 amide bonds. The number of hydrazone groups is 1. The fourth-order valence-electron chi connectivity index (χ4n) is 2.91. The lowest BCUT2D eigenvalue weighted by atomic mass is 10.2. The number of carbonyl (C=O) groups is 1. The number of hydrogen-bond acceptors (Lipinski definition) is 4. The minimum absolute atomic E-state index is 0.0760.